The fourth-order valence-electron chi connectivity index (χ4n) is 0.248. The molecule has 1 unspecified atom stereocenters. The Morgan fingerprint density at radius 3 is 2.44 bits per heavy atom. The molecule has 0 aliphatic heterocycles. The number of hydrogen-bond donors (Lipinski definition) is 1. The van der Waals surface area contributed by atoms with Crippen LogP contribution in [-0.4, -0.2) is 25.7 Å². The van der Waals surface area contributed by atoms with Crippen LogP contribution in [0.25, 0.3) is 0 Å². The monoisotopic (exact) mass is 154 g/mol. The SMILES string of the molecule is COCC(N)C(=O)[O-].Cl. The summed E-state index contributed by atoms with van der Waals surface area (Å²) in [6, 6.07) is -1.00. The van der Waals surface area contributed by atoms with Gasteiger partial charge in [-0.25, -0.2) is 0 Å². The van der Waals surface area contributed by atoms with Crippen LogP contribution in [0.15, 0.2) is 0 Å². The highest BCUT2D eigenvalue weighted by Gasteiger charge is 1.99. The fourth-order valence-corrected chi connectivity index (χ4v) is 0.248. The smallest absolute Gasteiger partial charge is 0.0680 e. The number of ether oxygens (including phenoxy) is 1. The third-order valence-electron chi connectivity index (χ3n) is 0.649. The van der Waals surface area contributed by atoms with Crippen molar-refractivity contribution in [2.24, 2.45) is 5.73 Å². The number of carbonyl (C=O) groups is 1. The summed E-state index contributed by atoms with van der Waals surface area (Å²) in [5.41, 5.74) is 4.94. The molecule has 0 radical (unpaired) electrons. The van der Waals surface area contributed by atoms with E-state index in [9.17, 15) is 9.90 Å². The fraction of sp³-hybridized carbons (Fsp3) is 0.750. The Hall–Kier alpha value is -0.320. The van der Waals surface area contributed by atoms with Gasteiger partial charge in [-0.15, -0.1) is 12.4 Å². The first kappa shape index (κ1) is 11.5. The van der Waals surface area contributed by atoms with Crippen molar-refractivity contribution in [2.45, 2.75) is 6.04 Å². The minimum absolute atomic E-state index is 0. The molecule has 0 spiro atoms. The Kier molecular flexibility index (Phi) is 7.41. The molecule has 1 atom stereocenters. The molecule has 5 heteroatoms. The van der Waals surface area contributed by atoms with E-state index in [0.717, 1.165) is 0 Å². The Labute approximate surface area is 59.4 Å². The van der Waals surface area contributed by atoms with Gasteiger partial charge in [0, 0.05) is 7.11 Å². The number of nitrogens with two attached hydrogens (primary N) is 1. The van der Waals surface area contributed by atoms with Crippen molar-refractivity contribution < 1.29 is 14.6 Å². The molecule has 2 N–H and O–H groups in total. The number of methoxy groups -OCH3 is 1. The number of carboxylic acids is 1. The van der Waals surface area contributed by atoms with Crippen LogP contribution >= 0.6 is 12.4 Å². The van der Waals surface area contributed by atoms with Gasteiger partial charge in [-0.3, -0.25) is 0 Å². The number of halogens is 1. The maximum Gasteiger partial charge on any atom is 0.0680 e. The molecule has 4 nitrogen and oxygen atoms in total. The van der Waals surface area contributed by atoms with Crippen molar-refractivity contribution in [3.63, 3.8) is 0 Å². The van der Waals surface area contributed by atoms with Crippen LogP contribution in [-0.2, 0) is 9.53 Å². The molecule has 0 aliphatic rings. The zero-order valence-corrected chi connectivity index (χ0v) is 5.81. The van der Waals surface area contributed by atoms with Crippen LogP contribution in [0, 0.1) is 0 Å². The summed E-state index contributed by atoms with van der Waals surface area (Å²) in [5, 5.41) is 9.77. The van der Waals surface area contributed by atoms with Gasteiger partial charge >= 0.3 is 0 Å². The molecular formula is C4H9ClNO3-. The molecule has 0 aromatic carbocycles. The normalized spacial score (nSPS) is 11.8. The predicted octanol–water partition coefficient (Wildman–Crippen LogP) is -1.87. The van der Waals surface area contributed by atoms with Gasteiger partial charge in [-0.2, -0.15) is 0 Å². The van der Waals surface area contributed by atoms with E-state index in [-0.39, 0.29) is 19.0 Å². The summed E-state index contributed by atoms with van der Waals surface area (Å²) < 4.78 is 4.42. The molecule has 0 fully saturated rings. The van der Waals surface area contributed by atoms with Crippen molar-refractivity contribution in [3.05, 3.63) is 0 Å². The molecule has 0 aromatic heterocycles. The van der Waals surface area contributed by atoms with Crippen molar-refractivity contribution in [3.8, 4) is 0 Å². The van der Waals surface area contributed by atoms with E-state index in [2.05, 4.69) is 4.74 Å². The molecule has 0 aromatic rings. The Balaban J connectivity index is 0. The van der Waals surface area contributed by atoms with Gasteiger partial charge in [0.15, 0.2) is 0 Å². The molecule has 0 bridgehead atoms. The Bertz CT molecular complexity index is 87.9. The summed E-state index contributed by atoms with van der Waals surface area (Å²) >= 11 is 0. The molecule has 0 saturated heterocycles. The molecule has 56 valence electrons. The Morgan fingerprint density at radius 1 is 1.89 bits per heavy atom. The second kappa shape index (κ2) is 5.81. The number of hydrogen-bond acceptors (Lipinski definition) is 4. The zero-order chi connectivity index (χ0) is 6.57. The maximum atomic E-state index is 9.77. The molecule has 0 amide bonds. The molecule has 9 heavy (non-hydrogen) atoms. The lowest BCUT2D eigenvalue weighted by molar-refractivity contribution is -0.308. The first-order valence-electron chi connectivity index (χ1n) is 2.14. The van der Waals surface area contributed by atoms with Crippen molar-refractivity contribution in [1.29, 1.82) is 0 Å². The van der Waals surface area contributed by atoms with Crippen LogP contribution in [0.1, 0.15) is 0 Å². The van der Waals surface area contributed by atoms with E-state index in [4.69, 9.17) is 5.73 Å². The van der Waals surface area contributed by atoms with E-state index in [0.29, 0.717) is 0 Å². The summed E-state index contributed by atoms with van der Waals surface area (Å²) in [7, 11) is 1.38. The van der Waals surface area contributed by atoms with Gasteiger partial charge in [-0.05, 0) is 0 Å². The largest absolute Gasteiger partial charge is 0.548 e. The second-order valence-corrected chi connectivity index (χ2v) is 1.38. The van der Waals surface area contributed by atoms with Crippen molar-refractivity contribution in [1.82, 2.24) is 0 Å². The molecule has 0 saturated carbocycles. The van der Waals surface area contributed by atoms with Crippen LogP contribution in [0.3, 0.4) is 0 Å². The lowest BCUT2D eigenvalue weighted by Crippen LogP contribution is -2.44. The second-order valence-electron chi connectivity index (χ2n) is 1.38. The minimum Gasteiger partial charge on any atom is -0.548 e. The molecule has 0 aliphatic carbocycles. The summed E-state index contributed by atoms with van der Waals surface area (Å²) in [5.74, 6) is -1.29. The first-order chi connectivity index (χ1) is 3.68. The Morgan fingerprint density at radius 2 is 2.33 bits per heavy atom. The average Bonchev–Trinajstić information content (AvgIpc) is 1.67. The first-order valence-corrected chi connectivity index (χ1v) is 2.14. The highest BCUT2D eigenvalue weighted by atomic mass is 35.5. The van der Waals surface area contributed by atoms with E-state index < -0.39 is 12.0 Å². The van der Waals surface area contributed by atoms with Crippen molar-refractivity contribution in [2.75, 3.05) is 13.7 Å². The standard InChI is InChI=1S/C4H9NO3.ClH/c1-8-2-3(5)4(6)7;/h3H,2,5H2,1H3,(H,6,7);1H/p-1. The van der Waals surface area contributed by atoms with Gasteiger partial charge in [0.05, 0.1) is 18.6 Å². The van der Waals surface area contributed by atoms with Gasteiger partial charge in [-0.1, -0.05) is 0 Å². The number of aliphatic carboxylic acids is 1. The van der Waals surface area contributed by atoms with Crippen LogP contribution < -0.4 is 10.8 Å². The number of carbonyl (C=O) groups excluding carboxylic acids is 1. The van der Waals surface area contributed by atoms with Crippen LogP contribution in [0.2, 0.25) is 0 Å². The summed E-state index contributed by atoms with van der Waals surface area (Å²) in [6.45, 7) is 0.00231. The average molecular weight is 155 g/mol. The number of carboxylic acid groups (broad SMARTS) is 1. The van der Waals surface area contributed by atoms with E-state index in [1.165, 1.54) is 7.11 Å². The van der Waals surface area contributed by atoms with Gasteiger partial charge in [0.2, 0.25) is 0 Å². The quantitative estimate of drug-likeness (QED) is 0.517. The van der Waals surface area contributed by atoms with Crippen LogP contribution in [0.4, 0.5) is 0 Å². The van der Waals surface area contributed by atoms with Gasteiger partial charge in [0.25, 0.3) is 0 Å². The van der Waals surface area contributed by atoms with Gasteiger partial charge < -0.3 is 20.4 Å². The topological polar surface area (TPSA) is 75.4 Å². The van der Waals surface area contributed by atoms with E-state index >= 15 is 0 Å². The lowest BCUT2D eigenvalue weighted by Gasteiger charge is -2.09. The summed E-state index contributed by atoms with van der Waals surface area (Å²) in [6.07, 6.45) is 0. The third-order valence-corrected chi connectivity index (χ3v) is 0.649. The lowest BCUT2D eigenvalue weighted by atomic mass is 10.3. The molecular weight excluding hydrogens is 146 g/mol. The van der Waals surface area contributed by atoms with Crippen LogP contribution in [0.5, 0.6) is 0 Å². The third kappa shape index (κ3) is 5.55. The maximum absolute atomic E-state index is 9.77. The van der Waals surface area contributed by atoms with Crippen molar-refractivity contribution >= 4 is 18.4 Å². The molecule has 0 rings (SSSR count). The molecule has 0 heterocycles. The van der Waals surface area contributed by atoms with E-state index in [1.807, 2.05) is 0 Å². The van der Waals surface area contributed by atoms with E-state index in [1.54, 1.807) is 0 Å². The summed E-state index contributed by atoms with van der Waals surface area (Å²) in [4.78, 5) is 9.77. The van der Waals surface area contributed by atoms with Gasteiger partial charge in [0.1, 0.15) is 0 Å². The number of rotatable bonds is 3. The highest BCUT2D eigenvalue weighted by Crippen LogP contribution is 1.73. The predicted molar refractivity (Wildman–Crippen MR) is 32.1 cm³/mol. The highest BCUT2D eigenvalue weighted by molar-refractivity contribution is 5.85. The minimum atomic E-state index is -1.29. The zero-order valence-electron chi connectivity index (χ0n) is 4.99.